The number of nitrogens with two attached hydrogens (primary N) is 1. The van der Waals surface area contributed by atoms with Crippen LogP contribution in [0, 0.1) is 0 Å². The lowest BCUT2D eigenvalue weighted by atomic mass is 10.1. The number of aromatic nitrogens is 2. The first-order chi connectivity index (χ1) is 11.8. The maximum absolute atomic E-state index is 11.8. The van der Waals surface area contributed by atoms with Crippen LogP contribution in [0.3, 0.4) is 0 Å². The lowest BCUT2D eigenvalue weighted by molar-refractivity contribution is -0.0531. The largest absolute Gasteiger partial charge is 0.481 e. The van der Waals surface area contributed by atoms with Crippen LogP contribution in [0.2, 0.25) is 0 Å². The van der Waals surface area contributed by atoms with E-state index in [1.165, 1.54) is 0 Å². The number of H-pyrrole nitrogens is 1. The fourth-order valence-electron chi connectivity index (χ4n) is 2.19. The fraction of sp³-hybridized carbons (Fsp3) is 0.556. The molecule has 0 bridgehead atoms. The first kappa shape index (κ1) is 20.9. The number of nitrogens with zero attached hydrogens (tertiary/aromatic N) is 1. The van der Waals surface area contributed by atoms with Crippen LogP contribution >= 0.6 is 15.6 Å². The van der Waals surface area contributed by atoms with Crippen LogP contribution in [0.1, 0.15) is 6.23 Å². The number of hydrogen-bond acceptors (Lipinski definition) is 10. The van der Waals surface area contributed by atoms with Crippen LogP contribution in [0.5, 0.6) is 0 Å². The molecule has 8 N–H and O–H groups in total. The van der Waals surface area contributed by atoms with Crippen LogP contribution in [-0.2, 0) is 22.7 Å². The summed E-state index contributed by atoms with van der Waals surface area (Å²) < 4.78 is 35.6. The summed E-state index contributed by atoms with van der Waals surface area (Å²) in [6.07, 6.45) is -6.58. The first-order valence-electron chi connectivity index (χ1n) is 6.68. The Kier molecular flexibility index (Phi) is 5.90. The van der Waals surface area contributed by atoms with Crippen LogP contribution in [-0.4, -0.2) is 59.4 Å². The SMILES string of the molecule is Nc1cc(=O)[nH]c(=O)n1[C@@H]1O[C@H](COP(=O)(O)OP(=O)(O)O)[C@@H](O)[C@H]1O. The van der Waals surface area contributed by atoms with Crippen LogP contribution < -0.4 is 17.0 Å². The lowest BCUT2D eigenvalue weighted by Gasteiger charge is -2.19. The van der Waals surface area contributed by atoms with E-state index in [9.17, 15) is 28.9 Å². The molecule has 148 valence electrons. The molecule has 1 aliphatic rings. The monoisotopic (exact) mass is 419 g/mol. The highest BCUT2D eigenvalue weighted by Gasteiger charge is 2.46. The molecule has 0 radical (unpaired) electrons. The molecule has 0 saturated carbocycles. The minimum atomic E-state index is -5.34. The van der Waals surface area contributed by atoms with E-state index in [0.29, 0.717) is 4.57 Å². The third kappa shape index (κ3) is 4.86. The number of phosphoric acid groups is 2. The Hall–Kier alpha value is -1.38. The highest BCUT2D eigenvalue weighted by molar-refractivity contribution is 7.60. The zero-order valence-corrected chi connectivity index (χ0v) is 14.4. The van der Waals surface area contributed by atoms with E-state index in [0.717, 1.165) is 6.07 Å². The van der Waals surface area contributed by atoms with Gasteiger partial charge in [0.25, 0.3) is 5.56 Å². The van der Waals surface area contributed by atoms with E-state index in [1.54, 1.807) is 0 Å². The Morgan fingerprint density at radius 2 is 1.85 bits per heavy atom. The van der Waals surface area contributed by atoms with Gasteiger partial charge in [-0.1, -0.05) is 0 Å². The van der Waals surface area contributed by atoms with Crippen molar-refractivity contribution in [3.63, 3.8) is 0 Å². The highest BCUT2D eigenvalue weighted by atomic mass is 31.3. The summed E-state index contributed by atoms with van der Waals surface area (Å²) >= 11 is 0. The molecule has 17 heteroatoms. The minimum Gasteiger partial charge on any atom is -0.387 e. The number of nitrogens with one attached hydrogen (secondary N) is 1. The molecule has 1 aromatic heterocycles. The van der Waals surface area contributed by atoms with Crippen molar-refractivity contribution in [3.8, 4) is 0 Å². The molecular weight excluding hydrogens is 404 g/mol. The van der Waals surface area contributed by atoms with Gasteiger partial charge in [-0.05, 0) is 0 Å². The van der Waals surface area contributed by atoms with E-state index in [2.05, 4.69) is 8.83 Å². The van der Waals surface area contributed by atoms with Crippen LogP contribution in [0.15, 0.2) is 15.7 Å². The number of hydrogen-bond donors (Lipinski definition) is 7. The van der Waals surface area contributed by atoms with E-state index in [-0.39, 0.29) is 0 Å². The van der Waals surface area contributed by atoms with Crippen LogP contribution in [0.25, 0.3) is 0 Å². The predicted molar refractivity (Wildman–Crippen MR) is 80.6 cm³/mol. The molecule has 2 rings (SSSR count). The van der Waals surface area contributed by atoms with Gasteiger partial charge >= 0.3 is 21.3 Å². The summed E-state index contributed by atoms with van der Waals surface area (Å²) in [7, 11) is -10.5. The lowest BCUT2D eigenvalue weighted by Crippen LogP contribution is -2.39. The quantitative estimate of drug-likeness (QED) is 0.227. The molecular formula is C9H15N3O12P2. The highest BCUT2D eigenvalue weighted by Crippen LogP contribution is 2.57. The van der Waals surface area contributed by atoms with E-state index in [4.69, 9.17) is 25.2 Å². The van der Waals surface area contributed by atoms with Gasteiger partial charge in [0.15, 0.2) is 6.23 Å². The number of rotatable bonds is 6. The van der Waals surface area contributed by atoms with Crippen molar-refractivity contribution in [1.82, 2.24) is 9.55 Å². The van der Waals surface area contributed by atoms with Gasteiger partial charge in [-0.2, -0.15) is 4.31 Å². The summed E-state index contributed by atoms with van der Waals surface area (Å²) in [5.41, 5.74) is 3.65. The Balaban J connectivity index is 2.16. The zero-order chi connectivity index (χ0) is 19.9. The number of aliphatic hydroxyl groups excluding tert-OH is 2. The van der Waals surface area contributed by atoms with Crippen molar-refractivity contribution >= 4 is 21.5 Å². The average molecular weight is 419 g/mol. The summed E-state index contributed by atoms with van der Waals surface area (Å²) in [4.78, 5) is 51.0. The number of aliphatic hydroxyl groups is 2. The smallest absolute Gasteiger partial charge is 0.387 e. The molecule has 26 heavy (non-hydrogen) atoms. The topological polar surface area (TPSA) is 244 Å². The number of aromatic amines is 1. The van der Waals surface area contributed by atoms with Gasteiger partial charge in [-0.3, -0.25) is 18.9 Å². The molecule has 0 aromatic carbocycles. The molecule has 1 aliphatic heterocycles. The zero-order valence-electron chi connectivity index (χ0n) is 12.6. The van der Waals surface area contributed by atoms with Crippen molar-refractivity contribution in [2.45, 2.75) is 24.5 Å². The Labute approximate surface area is 143 Å². The predicted octanol–water partition coefficient (Wildman–Crippen LogP) is -3.04. The van der Waals surface area contributed by atoms with Gasteiger partial charge in [0, 0.05) is 6.07 Å². The van der Waals surface area contributed by atoms with Gasteiger partial charge in [0.1, 0.15) is 24.1 Å². The van der Waals surface area contributed by atoms with Gasteiger partial charge in [-0.15, -0.1) is 0 Å². The molecule has 0 amide bonds. The van der Waals surface area contributed by atoms with Crippen LogP contribution in [0.4, 0.5) is 5.82 Å². The van der Waals surface area contributed by atoms with Crippen molar-refractivity contribution in [1.29, 1.82) is 0 Å². The number of nitrogen functional groups attached to an aromatic ring is 1. The van der Waals surface area contributed by atoms with Crippen molar-refractivity contribution in [2.75, 3.05) is 12.3 Å². The number of phosphoric ester groups is 1. The van der Waals surface area contributed by atoms with E-state index >= 15 is 0 Å². The molecule has 1 fully saturated rings. The summed E-state index contributed by atoms with van der Waals surface area (Å²) in [6, 6.07) is 0.823. The molecule has 15 nitrogen and oxygen atoms in total. The Morgan fingerprint density at radius 1 is 1.23 bits per heavy atom. The molecule has 1 saturated heterocycles. The van der Waals surface area contributed by atoms with Gasteiger partial charge in [-0.25, -0.2) is 13.9 Å². The summed E-state index contributed by atoms with van der Waals surface area (Å²) in [5.74, 6) is -0.394. The van der Waals surface area contributed by atoms with Gasteiger partial charge < -0.3 is 35.4 Å². The first-order valence-corrected chi connectivity index (χ1v) is 9.70. The standard InChI is InChI=1S/C9H15N3O12P2/c10-4-1-5(13)11-9(16)12(4)8-7(15)6(14)3(23-8)2-22-26(20,21)24-25(17,18)19/h1,3,6-8,14-15H,2,10H2,(H,20,21)(H,11,13,16)(H2,17,18,19)/t3-,6-,7-,8-/m1/s1. The normalized spacial score (nSPS) is 28.8. The van der Waals surface area contributed by atoms with Crippen molar-refractivity contribution < 1.29 is 47.6 Å². The summed E-state index contributed by atoms with van der Waals surface area (Å²) in [5, 5.41) is 19.9. The molecule has 5 atom stereocenters. The maximum Gasteiger partial charge on any atom is 0.481 e. The van der Waals surface area contributed by atoms with Gasteiger partial charge in [0.05, 0.1) is 6.61 Å². The fourth-order valence-corrected chi connectivity index (χ4v) is 3.79. The third-order valence-corrected chi connectivity index (χ3v) is 5.36. The number of anilines is 1. The number of ether oxygens (including phenoxy) is 1. The second-order valence-electron chi connectivity index (χ2n) is 5.12. The van der Waals surface area contributed by atoms with E-state index < -0.39 is 63.9 Å². The van der Waals surface area contributed by atoms with Crippen molar-refractivity contribution in [2.24, 2.45) is 0 Å². The maximum atomic E-state index is 11.8. The average Bonchev–Trinajstić information content (AvgIpc) is 2.70. The molecule has 1 aromatic rings. The minimum absolute atomic E-state index is 0.394. The Morgan fingerprint density at radius 3 is 2.38 bits per heavy atom. The molecule has 1 unspecified atom stereocenters. The summed E-state index contributed by atoms with van der Waals surface area (Å²) in [6.45, 7) is -0.944. The Bertz CT molecular complexity index is 875. The second kappa shape index (κ2) is 7.32. The molecule has 0 aliphatic carbocycles. The van der Waals surface area contributed by atoms with Gasteiger partial charge in [0.2, 0.25) is 0 Å². The van der Waals surface area contributed by atoms with E-state index in [1.807, 2.05) is 4.98 Å². The van der Waals surface area contributed by atoms with Crippen molar-refractivity contribution in [3.05, 3.63) is 26.9 Å². The second-order valence-corrected chi connectivity index (χ2v) is 7.95. The third-order valence-electron chi connectivity index (χ3n) is 3.21. The molecule has 2 heterocycles. The molecule has 0 spiro atoms.